The topological polar surface area (TPSA) is 72.2 Å². The largest absolute Gasteiger partial charge is 0.326 e. The Morgan fingerprint density at radius 1 is 1.37 bits per heavy atom. The lowest BCUT2D eigenvalue weighted by molar-refractivity contribution is 0.286. The van der Waals surface area contributed by atoms with Gasteiger partial charge in [-0.15, -0.1) is 11.3 Å². The minimum atomic E-state index is -3.37. The van der Waals surface area contributed by atoms with Crippen molar-refractivity contribution in [1.82, 2.24) is 4.72 Å². The molecule has 0 aliphatic heterocycles. The lowest BCUT2D eigenvalue weighted by Crippen LogP contribution is -2.35. The third kappa shape index (κ3) is 3.37. The molecule has 0 spiro atoms. The Balaban J connectivity index is 2.05. The SMILES string of the molecule is CCC1(CNS(=O)(=O)c2ccc(CN)s2)CCCC1. The van der Waals surface area contributed by atoms with Crippen molar-refractivity contribution in [3.05, 3.63) is 17.0 Å². The van der Waals surface area contributed by atoms with Crippen LogP contribution >= 0.6 is 11.3 Å². The molecular formula is C13H22N2O2S2. The van der Waals surface area contributed by atoms with Crippen LogP contribution in [0.1, 0.15) is 43.9 Å². The summed E-state index contributed by atoms with van der Waals surface area (Å²) in [6, 6.07) is 3.42. The maximum Gasteiger partial charge on any atom is 0.250 e. The normalized spacial score (nSPS) is 18.8. The van der Waals surface area contributed by atoms with E-state index in [0.717, 1.165) is 24.1 Å². The molecule has 1 aliphatic rings. The maximum atomic E-state index is 12.2. The Morgan fingerprint density at radius 3 is 2.58 bits per heavy atom. The van der Waals surface area contributed by atoms with Crippen molar-refractivity contribution in [2.45, 2.75) is 49.8 Å². The number of hydrogen-bond donors (Lipinski definition) is 2. The summed E-state index contributed by atoms with van der Waals surface area (Å²) in [6.45, 7) is 3.10. The molecule has 2 rings (SSSR count). The van der Waals surface area contributed by atoms with E-state index in [2.05, 4.69) is 11.6 Å². The minimum Gasteiger partial charge on any atom is -0.326 e. The first-order chi connectivity index (χ1) is 9.01. The van der Waals surface area contributed by atoms with Crippen LogP contribution < -0.4 is 10.5 Å². The molecule has 0 atom stereocenters. The fourth-order valence-corrected chi connectivity index (χ4v) is 5.15. The van der Waals surface area contributed by atoms with E-state index in [9.17, 15) is 8.42 Å². The quantitative estimate of drug-likeness (QED) is 0.848. The third-order valence-corrected chi connectivity index (χ3v) is 7.16. The number of hydrogen-bond acceptors (Lipinski definition) is 4. The van der Waals surface area contributed by atoms with Crippen molar-refractivity contribution >= 4 is 21.4 Å². The van der Waals surface area contributed by atoms with Gasteiger partial charge in [0.05, 0.1) is 0 Å². The molecule has 1 saturated carbocycles. The molecule has 1 aromatic rings. The van der Waals surface area contributed by atoms with Crippen molar-refractivity contribution in [2.75, 3.05) is 6.54 Å². The molecule has 6 heteroatoms. The Hall–Kier alpha value is -0.430. The first-order valence-electron chi connectivity index (χ1n) is 6.80. The van der Waals surface area contributed by atoms with E-state index in [1.54, 1.807) is 12.1 Å². The van der Waals surface area contributed by atoms with Crippen LogP contribution in [0.2, 0.25) is 0 Å². The fraction of sp³-hybridized carbons (Fsp3) is 0.692. The van der Waals surface area contributed by atoms with Crippen LogP contribution in [-0.4, -0.2) is 15.0 Å². The maximum absolute atomic E-state index is 12.2. The number of sulfonamides is 1. The summed E-state index contributed by atoms with van der Waals surface area (Å²) < 4.78 is 27.6. The minimum absolute atomic E-state index is 0.168. The first-order valence-corrected chi connectivity index (χ1v) is 9.10. The number of rotatable bonds is 6. The zero-order valence-corrected chi connectivity index (χ0v) is 12.9. The first kappa shape index (κ1) is 15.0. The van der Waals surface area contributed by atoms with Crippen LogP contribution in [0.5, 0.6) is 0 Å². The zero-order valence-electron chi connectivity index (χ0n) is 11.3. The molecular weight excluding hydrogens is 280 g/mol. The summed E-state index contributed by atoms with van der Waals surface area (Å²) in [4.78, 5) is 0.895. The zero-order chi connectivity index (χ0) is 13.9. The van der Waals surface area contributed by atoms with E-state index < -0.39 is 10.0 Å². The van der Waals surface area contributed by atoms with Crippen LogP contribution in [-0.2, 0) is 16.6 Å². The van der Waals surface area contributed by atoms with Crippen LogP contribution in [0, 0.1) is 5.41 Å². The van der Waals surface area contributed by atoms with Gasteiger partial charge in [-0.2, -0.15) is 0 Å². The van der Waals surface area contributed by atoms with E-state index in [1.807, 2.05) is 0 Å². The Labute approximate surface area is 119 Å². The fourth-order valence-electron chi connectivity index (χ4n) is 2.71. The van der Waals surface area contributed by atoms with E-state index in [4.69, 9.17) is 5.73 Å². The van der Waals surface area contributed by atoms with Gasteiger partial charge in [0.25, 0.3) is 0 Å². The van der Waals surface area contributed by atoms with Gasteiger partial charge in [-0.05, 0) is 36.8 Å². The highest BCUT2D eigenvalue weighted by molar-refractivity contribution is 7.91. The van der Waals surface area contributed by atoms with Gasteiger partial charge in [0, 0.05) is 18.0 Å². The predicted octanol–water partition coefficient (Wildman–Crippen LogP) is 2.46. The summed E-state index contributed by atoms with van der Waals surface area (Å²) in [6.07, 6.45) is 5.72. The number of nitrogens with one attached hydrogen (secondary N) is 1. The second-order valence-electron chi connectivity index (χ2n) is 5.31. The molecule has 0 bridgehead atoms. The molecule has 1 heterocycles. The highest BCUT2D eigenvalue weighted by Gasteiger charge is 2.33. The molecule has 4 nitrogen and oxygen atoms in total. The van der Waals surface area contributed by atoms with Gasteiger partial charge in [-0.1, -0.05) is 19.8 Å². The Bertz CT molecular complexity index is 517. The molecule has 0 saturated heterocycles. The highest BCUT2D eigenvalue weighted by atomic mass is 32.2. The van der Waals surface area contributed by atoms with Crippen molar-refractivity contribution in [3.8, 4) is 0 Å². The number of thiophene rings is 1. The van der Waals surface area contributed by atoms with Gasteiger partial charge in [-0.25, -0.2) is 13.1 Å². The summed E-state index contributed by atoms with van der Waals surface area (Å²) in [7, 11) is -3.37. The second-order valence-corrected chi connectivity index (χ2v) is 8.47. The van der Waals surface area contributed by atoms with E-state index in [1.165, 1.54) is 24.2 Å². The van der Waals surface area contributed by atoms with Crippen molar-refractivity contribution < 1.29 is 8.42 Å². The highest BCUT2D eigenvalue weighted by Crippen LogP contribution is 2.40. The van der Waals surface area contributed by atoms with Gasteiger partial charge in [0.1, 0.15) is 4.21 Å². The Morgan fingerprint density at radius 2 is 2.05 bits per heavy atom. The molecule has 108 valence electrons. The average molecular weight is 302 g/mol. The van der Waals surface area contributed by atoms with Gasteiger partial charge in [0.2, 0.25) is 10.0 Å². The van der Waals surface area contributed by atoms with Gasteiger partial charge >= 0.3 is 0 Å². The molecule has 1 aliphatic carbocycles. The van der Waals surface area contributed by atoms with Crippen molar-refractivity contribution in [3.63, 3.8) is 0 Å². The molecule has 0 unspecified atom stereocenters. The standard InChI is InChI=1S/C13H22N2O2S2/c1-2-13(7-3-4-8-13)10-15-19(16,17)12-6-5-11(9-14)18-12/h5-6,15H,2-4,7-10,14H2,1H3. The molecule has 1 aromatic heterocycles. The van der Waals surface area contributed by atoms with E-state index in [0.29, 0.717) is 17.3 Å². The van der Waals surface area contributed by atoms with Crippen LogP contribution in [0.4, 0.5) is 0 Å². The lowest BCUT2D eigenvalue weighted by Gasteiger charge is -2.27. The van der Waals surface area contributed by atoms with Crippen LogP contribution in [0.15, 0.2) is 16.3 Å². The summed E-state index contributed by atoms with van der Waals surface area (Å²) in [5.74, 6) is 0. The second kappa shape index (κ2) is 5.91. The summed E-state index contributed by atoms with van der Waals surface area (Å²) >= 11 is 1.25. The lowest BCUT2D eigenvalue weighted by atomic mass is 9.84. The average Bonchev–Trinajstić information content (AvgIpc) is 3.06. The summed E-state index contributed by atoms with van der Waals surface area (Å²) in [5, 5.41) is 0. The Kier molecular flexibility index (Phi) is 4.66. The molecule has 0 radical (unpaired) electrons. The van der Waals surface area contributed by atoms with Crippen molar-refractivity contribution in [2.24, 2.45) is 11.1 Å². The molecule has 0 aromatic carbocycles. The monoisotopic (exact) mass is 302 g/mol. The summed E-state index contributed by atoms with van der Waals surface area (Å²) in [5.41, 5.74) is 5.69. The van der Waals surface area contributed by atoms with Crippen molar-refractivity contribution in [1.29, 1.82) is 0 Å². The molecule has 1 fully saturated rings. The molecule has 3 N–H and O–H groups in total. The predicted molar refractivity (Wildman–Crippen MR) is 78.6 cm³/mol. The van der Waals surface area contributed by atoms with E-state index in [-0.39, 0.29) is 5.41 Å². The van der Waals surface area contributed by atoms with Crippen LogP contribution in [0.25, 0.3) is 0 Å². The van der Waals surface area contributed by atoms with Crippen LogP contribution in [0.3, 0.4) is 0 Å². The smallest absolute Gasteiger partial charge is 0.250 e. The van der Waals surface area contributed by atoms with Gasteiger partial charge in [-0.3, -0.25) is 0 Å². The van der Waals surface area contributed by atoms with Gasteiger partial charge in [0.15, 0.2) is 0 Å². The van der Waals surface area contributed by atoms with E-state index >= 15 is 0 Å². The third-order valence-electron chi connectivity index (χ3n) is 4.15. The molecule has 0 amide bonds. The number of nitrogens with two attached hydrogens (primary N) is 1. The van der Waals surface area contributed by atoms with Gasteiger partial charge < -0.3 is 5.73 Å². The molecule has 19 heavy (non-hydrogen) atoms.